The van der Waals surface area contributed by atoms with E-state index in [1.165, 1.54) is 6.07 Å². The summed E-state index contributed by atoms with van der Waals surface area (Å²) in [5.41, 5.74) is 2.72. The van der Waals surface area contributed by atoms with Crippen LogP contribution in [0.3, 0.4) is 0 Å². The molecule has 0 radical (unpaired) electrons. The van der Waals surface area contributed by atoms with Crippen LogP contribution >= 0.6 is 11.6 Å². The van der Waals surface area contributed by atoms with Gasteiger partial charge >= 0.3 is 6.09 Å². The largest absolute Gasteiger partial charge is 0.495 e. The molecule has 1 amide bonds. The first-order valence-corrected chi connectivity index (χ1v) is 12.1. The van der Waals surface area contributed by atoms with E-state index in [4.69, 9.17) is 21.1 Å². The van der Waals surface area contributed by atoms with Gasteiger partial charge in [0.25, 0.3) is 5.69 Å². The number of carbonyl (C=O) groups is 1. The van der Waals surface area contributed by atoms with Gasteiger partial charge < -0.3 is 19.3 Å². The number of likely N-dealkylation sites (tertiary alicyclic amines) is 1. The van der Waals surface area contributed by atoms with Gasteiger partial charge in [0.15, 0.2) is 0 Å². The van der Waals surface area contributed by atoms with Gasteiger partial charge in [-0.1, -0.05) is 54.1 Å². The lowest BCUT2D eigenvalue weighted by Crippen LogP contribution is -2.47. The molecule has 1 saturated heterocycles. The number of fused-ring (bicyclic) bond motifs is 2. The van der Waals surface area contributed by atoms with Gasteiger partial charge in [-0.25, -0.2) is 4.79 Å². The minimum absolute atomic E-state index is 0.0180. The van der Waals surface area contributed by atoms with Gasteiger partial charge in [-0.2, -0.15) is 0 Å². The monoisotopic (exact) mass is 507 g/mol. The number of rotatable bonds is 5. The number of carbonyl (C=O) groups excluding carboxylic acids is 1. The summed E-state index contributed by atoms with van der Waals surface area (Å²) in [5.74, 6) is 0.606. The first-order valence-electron chi connectivity index (χ1n) is 11.8. The second-order valence-corrected chi connectivity index (χ2v) is 9.52. The first-order chi connectivity index (χ1) is 17.4. The van der Waals surface area contributed by atoms with Crippen molar-refractivity contribution >= 4 is 34.8 Å². The predicted molar refractivity (Wildman–Crippen MR) is 137 cm³/mol. The zero-order valence-electron chi connectivity index (χ0n) is 19.9. The third-order valence-corrected chi connectivity index (χ3v) is 7.44. The molecule has 0 bridgehead atoms. The molecule has 5 rings (SSSR count). The highest BCUT2D eigenvalue weighted by Gasteiger charge is 2.49. The smallest absolute Gasteiger partial charge is 0.410 e. The van der Waals surface area contributed by atoms with Gasteiger partial charge in [-0.3, -0.25) is 10.1 Å². The summed E-state index contributed by atoms with van der Waals surface area (Å²) in [6.45, 7) is 1.70. The van der Waals surface area contributed by atoms with Crippen molar-refractivity contribution in [2.24, 2.45) is 0 Å². The van der Waals surface area contributed by atoms with Crippen molar-refractivity contribution in [1.29, 1.82) is 0 Å². The number of ether oxygens (including phenoxy) is 2. The summed E-state index contributed by atoms with van der Waals surface area (Å²) in [6, 6.07) is 19.9. The molecule has 0 aromatic heterocycles. The molecule has 186 valence electrons. The Morgan fingerprint density at radius 1 is 1.06 bits per heavy atom. The van der Waals surface area contributed by atoms with E-state index in [2.05, 4.69) is 0 Å². The van der Waals surface area contributed by atoms with Crippen LogP contribution in [0.2, 0.25) is 5.02 Å². The fourth-order valence-corrected chi connectivity index (χ4v) is 5.69. The van der Waals surface area contributed by atoms with E-state index in [0.29, 0.717) is 48.9 Å². The zero-order chi connectivity index (χ0) is 25.3. The molecule has 0 N–H and O–H groups in total. The number of nitro benzene ring substituents is 1. The molecule has 36 heavy (non-hydrogen) atoms. The second kappa shape index (κ2) is 9.70. The highest BCUT2D eigenvalue weighted by atomic mass is 35.5. The number of hydrogen-bond acceptors (Lipinski definition) is 6. The maximum absolute atomic E-state index is 12.8. The number of hydrogen-bond donors (Lipinski definition) is 0. The quantitative estimate of drug-likeness (QED) is 0.307. The minimum atomic E-state index is -0.388. The highest BCUT2D eigenvalue weighted by Crippen LogP contribution is 2.56. The molecule has 3 aromatic carbocycles. The highest BCUT2D eigenvalue weighted by molar-refractivity contribution is 6.32. The molecule has 8 nitrogen and oxygen atoms in total. The SMILES string of the molecule is COc1ccc(Cl)c2c1N(c1ccccc1[N+](=O)[O-])CC21CCN(C(=O)OCc2ccccc2)CC1. The number of nitro groups is 1. The van der Waals surface area contributed by atoms with Crippen LogP contribution in [0.15, 0.2) is 66.7 Å². The number of benzene rings is 3. The zero-order valence-corrected chi connectivity index (χ0v) is 20.6. The molecule has 0 unspecified atom stereocenters. The van der Waals surface area contributed by atoms with Crippen LogP contribution in [0.1, 0.15) is 24.0 Å². The molecule has 0 aliphatic carbocycles. The molecule has 2 aliphatic rings. The maximum Gasteiger partial charge on any atom is 0.410 e. The van der Waals surface area contributed by atoms with Crippen LogP contribution in [0, 0.1) is 10.1 Å². The lowest BCUT2D eigenvalue weighted by molar-refractivity contribution is -0.384. The average Bonchev–Trinajstić information content (AvgIpc) is 3.23. The Kier molecular flexibility index (Phi) is 6.45. The Labute approximate surface area is 214 Å². The molecular weight excluding hydrogens is 482 g/mol. The molecule has 1 fully saturated rings. The van der Waals surface area contributed by atoms with E-state index in [9.17, 15) is 14.9 Å². The van der Waals surface area contributed by atoms with Crippen molar-refractivity contribution in [3.63, 3.8) is 0 Å². The molecule has 2 aliphatic heterocycles. The number of para-hydroxylation sites is 2. The maximum atomic E-state index is 12.8. The topological polar surface area (TPSA) is 85.2 Å². The predicted octanol–water partition coefficient (Wildman–Crippen LogP) is 6.08. The molecule has 0 atom stereocenters. The van der Waals surface area contributed by atoms with Crippen LogP contribution in [0.4, 0.5) is 21.9 Å². The standard InChI is InChI=1S/C27H26ClN3O5/c1-35-23-12-11-20(28)24-25(23)30(21-9-5-6-10-22(21)31(33)34)18-27(24)13-15-29(16-14-27)26(32)36-17-19-7-3-2-4-8-19/h2-12H,13-18H2,1H3. The van der Waals surface area contributed by atoms with E-state index < -0.39 is 0 Å². The van der Waals surface area contributed by atoms with E-state index >= 15 is 0 Å². The van der Waals surface area contributed by atoms with Crippen molar-refractivity contribution in [3.8, 4) is 5.75 Å². The Hall–Kier alpha value is -3.78. The first kappa shape index (κ1) is 23.9. The lowest BCUT2D eigenvalue weighted by atomic mass is 9.74. The summed E-state index contributed by atoms with van der Waals surface area (Å²) in [4.78, 5) is 27.9. The van der Waals surface area contributed by atoms with E-state index in [0.717, 1.165) is 16.8 Å². The van der Waals surface area contributed by atoms with Crippen LogP contribution in [0.25, 0.3) is 0 Å². The molecular formula is C27H26ClN3O5. The number of methoxy groups -OCH3 is 1. The molecule has 1 spiro atoms. The third-order valence-electron chi connectivity index (χ3n) is 7.12. The van der Waals surface area contributed by atoms with Crippen molar-refractivity contribution in [2.75, 3.05) is 31.6 Å². The number of nitrogens with zero attached hydrogens (tertiary/aromatic N) is 3. The van der Waals surface area contributed by atoms with Crippen molar-refractivity contribution in [2.45, 2.75) is 24.9 Å². The average molecular weight is 508 g/mol. The van der Waals surface area contributed by atoms with E-state index in [1.807, 2.05) is 41.3 Å². The van der Waals surface area contributed by atoms with Crippen molar-refractivity contribution in [3.05, 3.63) is 93.0 Å². The van der Waals surface area contributed by atoms with E-state index in [1.54, 1.807) is 36.3 Å². The molecule has 0 saturated carbocycles. The van der Waals surface area contributed by atoms with Crippen LogP contribution < -0.4 is 9.64 Å². The molecule has 3 aromatic rings. The number of amides is 1. The summed E-state index contributed by atoms with van der Waals surface area (Å²) in [5, 5.41) is 12.4. The summed E-state index contributed by atoms with van der Waals surface area (Å²) < 4.78 is 11.2. The second-order valence-electron chi connectivity index (χ2n) is 9.11. The summed E-state index contributed by atoms with van der Waals surface area (Å²) >= 11 is 6.77. The van der Waals surface area contributed by atoms with Crippen molar-refractivity contribution < 1.29 is 19.2 Å². The Balaban J connectivity index is 1.42. The number of halogens is 1. The Bertz CT molecular complexity index is 1290. The van der Waals surface area contributed by atoms with Gasteiger partial charge in [0, 0.05) is 41.7 Å². The number of piperidine rings is 1. The normalized spacial score (nSPS) is 16.1. The molecule has 9 heteroatoms. The fourth-order valence-electron chi connectivity index (χ4n) is 5.33. The molecule has 2 heterocycles. The van der Waals surface area contributed by atoms with Gasteiger partial charge in [0.2, 0.25) is 0 Å². The van der Waals surface area contributed by atoms with Crippen LogP contribution in [-0.2, 0) is 16.8 Å². The number of anilines is 2. The van der Waals surface area contributed by atoms with Crippen molar-refractivity contribution in [1.82, 2.24) is 4.90 Å². The van der Waals surface area contributed by atoms with E-state index in [-0.39, 0.29) is 28.7 Å². The summed E-state index contributed by atoms with van der Waals surface area (Å²) in [6.07, 6.45) is 0.939. The summed E-state index contributed by atoms with van der Waals surface area (Å²) in [7, 11) is 1.58. The third kappa shape index (κ3) is 4.22. The van der Waals surface area contributed by atoms with Gasteiger partial charge in [0.05, 0.1) is 17.7 Å². The van der Waals surface area contributed by atoms with Gasteiger partial charge in [-0.15, -0.1) is 0 Å². The Morgan fingerprint density at radius 2 is 1.75 bits per heavy atom. The van der Waals surface area contributed by atoms with Gasteiger partial charge in [-0.05, 0) is 36.6 Å². The van der Waals surface area contributed by atoms with Crippen LogP contribution in [0.5, 0.6) is 5.75 Å². The fraction of sp³-hybridized carbons (Fsp3) is 0.296. The Morgan fingerprint density at radius 3 is 2.44 bits per heavy atom. The van der Waals surface area contributed by atoms with Crippen LogP contribution in [-0.4, -0.2) is 42.7 Å². The van der Waals surface area contributed by atoms with Gasteiger partial charge in [0.1, 0.15) is 18.0 Å². The lowest BCUT2D eigenvalue weighted by Gasteiger charge is -2.39. The minimum Gasteiger partial charge on any atom is -0.495 e.